The molecule has 0 fully saturated rings. The number of ketones is 2. The van der Waals surface area contributed by atoms with Gasteiger partial charge in [0.15, 0.2) is 11.6 Å². The molecule has 0 radical (unpaired) electrons. The standard InChI is InChI=1S/C16H18O2/c1-12(15(17)13-8-4-2-5-9-13)16(18)14-10-6-3-7-11-14/h2,4,6,8,10-12H,3,5,7,9H2,1H3. The number of hydrogen-bond acceptors (Lipinski definition) is 2. The molecule has 0 aromatic heterocycles. The zero-order valence-electron chi connectivity index (χ0n) is 10.7. The summed E-state index contributed by atoms with van der Waals surface area (Å²) in [6.07, 6.45) is 15.0. The monoisotopic (exact) mass is 242 g/mol. The highest BCUT2D eigenvalue weighted by Crippen LogP contribution is 2.21. The van der Waals surface area contributed by atoms with Crippen LogP contribution in [0.2, 0.25) is 0 Å². The summed E-state index contributed by atoms with van der Waals surface area (Å²) in [5.41, 5.74) is 1.47. The Morgan fingerprint density at radius 2 is 1.94 bits per heavy atom. The summed E-state index contributed by atoms with van der Waals surface area (Å²) in [6, 6.07) is 0. The third-order valence-electron chi connectivity index (χ3n) is 3.40. The Hall–Kier alpha value is -1.70. The van der Waals surface area contributed by atoms with Gasteiger partial charge < -0.3 is 0 Å². The molecular formula is C16H18O2. The lowest BCUT2D eigenvalue weighted by molar-refractivity contribution is -0.127. The van der Waals surface area contributed by atoms with Gasteiger partial charge in [0.25, 0.3) is 0 Å². The van der Waals surface area contributed by atoms with Gasteiger partial charge in [0.05, 0.1) is 5.92 Å². The van der Waals surface area contributed by atoms with E-state index in [0.717, 1.165) is 31.3 Å². The van der Waals surface area contributed by atoms with Gasteiger partial charge in [-0.3, -0.25) is 9.59 Å². The van der Waals surface area contributed by atoms with Crippen molar-refractivity contribution < 1.29 is 9.59 Å². The SMILES string of the molecule is CC(C(=O)C1=CCCC=C1)C(=O)C1=CC=CCC1. The molecule has 2 rings (SSSR count). The lowest BCUT2D eigenvalue weighted by Gasteiger charge is -2.15. The van der Waals surface area contributed by atoms with Gasteiger partial charge in [-0.2, -0.15) is 0 Å². The van der Waals surface area contributed by atoms with Crippen LogP contribution in [0.4, 0.5) is 0 Å². The second-order valence-corrected chi connectivity index (χ2v) is 4.75. The largest absolute Gasteiger partial charge is 0.294 e. The van der Waals surface area contributed by atoms with Gasteiger partial charge in [0.1, 0.15) is 0 Å². The van der Waals surface area contributed by atoms with Crippen molar-refractivity contribution in [2.45, 2.75) is 32.6 Å². The first-order valence-corrected chi connectivity index (χ1v) is 6.51. The Morgan fingerprint density at radius 3 is 2.56 bits per heavy atom. The molecule has 0 saturated carbocycles. The first-order chi connectivity index (χ1) is 8.70. The minimum absolute atomic E-state index is 0.0239. The Balaban J connectivity index is 2.08. The molecule has 94 valence electrons. The summed E-state index contributed by atoms with van der Waals surface area (Å²) in [4.78, 5) is 24.4. The van der Waals surface area contributed by atoms with Crippen LogP contribution in [0.5, 0.6) is 0 Å². The number of Topliss-reactive ketones (excluding diaryl/α,β-unsaturated/α-hetero) is 2. The van der Waals surface area contributed by atoms with Gasteiger partial charge in [-0.25, -0.2) is 0 Å². The molecule has 2 aliphatic rings. The van der Waals surface area contributed by atoms with Crippen molar-refractivity contribution in [2.75, 3.05) is 0 Å². The van der Waals surface area contributed by atoms with Crippen molar-refractivity contribution in [3.8, 4) is 0 Å². The normalized spacial score (nSPS) is 20.1. The number of rotatable bonds is 4. The van der Waals surface area contributed by atoms with E-state index in [-0.39, 0.29) is 11.6 Å². The molecule has 1 unspecified atom stereocenters. The quantitative estimate of drug-likeness (QED) is 0.709. The molecule has 0 saturated heterocycles. The van der Waals surface area contributed by atoms with Gasteiger partial charge >= 0.3 is 0 Å². The highest BCUT2D eigenvalue weighted by molar-refractivity contribution is 6.16. The van der Waals surface area contributed by atoms with Crippen LogP contribution in [0.3, 0.4) is 0 Å². The van der Waals surface area contributed by atoms with Crippen molar-refractivity contribution >= 4 is 11.6 Å². The van der Waals surface area contributed by atoms with E-state index in [1.165, 1.54) is 0 Å². The molecule has 0 aliphatic heterocycles. The van der Waals surface area contributed by atoms with Gasteiger partial charge in [0.2, 0.25) is 0 Å². The maximum Gasteiger partial charge on any atom is 0.173 e. The second kappa shape index (κ2) is 5.76. The third-order valence-corrected chi connectivity index (χ3v) is 3.40. The molecule has 0 spiro atoms. The third kappa shape index (κ3) is 2.76. The van der Waals surface area contributed by atoms with Crippen LogP contribution in [0.25, 0.3) is 0 Å². The average molecular weight is 242 g/mol. The first-order valence-electron chi connectivity index (χ1n) is 6.51. The fourth-order valence-corrected chi connectivity index (χ4v) is 2.25. The van der Waals surface area contributed by atoms with Gasteiger partial charge in [-0.15, -0.1) is 0 Å². The fourth-order valence-electron chi connectivity index (χ4n) is 2.25. The Morgan fingerprint density at radius 1 is 1.11 bits per heavy atom. The topological polar surface area (TPSA) is 34.1 Å². The van der Waals surface area contributed by atoms with Crippen LogP contribution >= 0.6 is 0 Å². The molecule has 18 heavy (non-hydrogen) atoms. The minimum Gasteiger partial charge on any atom is -0.294 e. The Bertz CT molecular complexity index is 475. The summed E-state index contributed by atoms with van der Waals surface area (Å²) in [5, 5.41) is 0. The van der Waals surface area contributed by atoms with Gasteiger partial charge in [-0.05, 0) is 38.2 Å². The van der Waals surface area contributed by atoms with E-state index in [1.54, 1.807) is 6.92 Å². The van der Waals surface area contributed by atoms with Crippen LogP contribution in [-0.2, 0) is 9.59 Å². The van der Waals surface area contributed by atoms with E-state index >= 15 is 0 Å². The van der Waals surface area contributed by atoms with Crippen molar-refractivity contribution in [1.29, 1.82) is 0 Å². The molecule has 2 nitrogen and oxygen atoms in total. The van der Waals surface area contributed by atoms with E-state index in [4.69, 9.17) is 0 Å². The van der Waals surface area contributed by atoms with Crippen LogP contribution in [0, 0.1) is 5.92 Å². The van der Waals surface area contributed by atoms with E-state index in [2.05, 4.69) is 0 Å². The average Bonchev–Trinajstić information content (AvgIpc) is 2.47. The van der Waals surface area contributed by atoms with E-state index in [0.29, 0.717) is 5.57 Å². The fraction of sp³-hybridized carbons (Fsp3) is 0.375. The summed E-state index contributed by atoms with van der Waals surface area (Å²) in [6.45, 7) is 1.72. The van der Waals surface area contributed by atoms with Crippen LogP contribution in [0.15, 0.2) is 47.6 Å². The molecule has 0 heterocycles. The zero-order valence-corrected chi connectivity index (χ0v) is 10.7. The van der Waals surface area contributed by atoms with Crippen LogP contribution in [0.1, 0.15) is 32.6 Å². The predicted molar refractivity (Wildman–Crippen MR) is 72.1 cm³/mol. The van der Waals surface area contributed by atoms with Crippen molar-refractivity contribution in [2.24, 2.45) is 5.92 Å². The van der Waals surface area contributed by atoms with Gasteiger partial charge in [0, 0.05) is 5.57 Å². The number of carbonyl (C=O) groups is 2. The summed E-state index contributed by atoms with van der Waals surface area (Å²) in [7, 11) is 0. The summed E-state index contributed by atoms with van der Waals surface area (Å²) >= 11 is 0. The minimum atomic E-state index is -0.559. The molecule has 0 aromatic carbocycles. The lowest BCUT2D eigenvalue weighted by atomic mass is 9.87. The zero-order chi connectivity index (χ0) is 13.0. The van der Waals surface area contributed by atoms with Crippen LogP contribution in [-0.4, -0.2) is 11.6 Å². The molecule has 0 aromatic rings. The predicted octanol–water partition coefficient (Wildman–Crippen LogP) is 3.31. The first kappa shape index (κ1) is 12.7. The second-order valence-electron chi connectivity index (χ2n) is 4.75. The molecule has 2 aliphatic carbocycles. The number of carbonyl (C=O) groups excluding carboxylic acids is 2. The lowest BCUT2D eigenvalue weighted by Crippen LogP contribution is -2.24. The van der Waals surface area contributed by atoms with Crippen LogP contribution < -0.4 is 0 Å². The summed E-state index contributed by atoms with van der Waals surface area (Å²) < 4.78 is 0. The Kier molecular flexibility index (Phi) is 4.08. The molecule has 0 amide bonds. The van der Waals surface area contributed by atoms with Crippen molar-refractivity contribution in [1.82, 2.24) is 0 Å². The van der Waals surface area contributed by atoms with Crippen molar-refractivity contribution in [3.63, 3.8) is 0 Å². The van der Waals surface area contributed by atoms with Crippen molar-refractivity contribution in [3.05, 3.63) is 47.6 Å². The molecule has 0 N–H and O–H groups in total. The Labute approximate surface area is 108 Å². The van der Waals surface area contributed by atoms with Gasteiger partial charge in [-0.1, -0.05) is 36.5 Å². The number of hydrogen-bond donors (Lipinski definition) is 0. The molecular weight excluding hydrogens is 224 g/mol. The maximum absolute atomic E-state index is 12.2. The smallest absolute Gasteiger partial charge is 0.173 e. The molecule has 1 atom stereocenters. The molecule has 0 bridgehead atoms. The van der Waals surface area contributed by atoms with E-state index < -0.39 is 5.92 Å². The maximum atomic E-state index is 12.2. The summed E-state index contributed by atoms with van der Waals surface area (Å²) in [5.74, 6) is -0.632. The highest BCUT2D eigenvalue weighted by Gasteiger charge is 2.26. The van der Waals surface area contributed by atoms with E-state index in [9.17, 15) is 9.59 Å². The van der Waals surface area contributed by atoms with E-state index in [1.807, 2.05) is 36.5 Å². The number of allylic oxidation sites excluding steroid dienone is 8. The molecule has 2 heteroatoms. The highest BCUT2D eigenvalue weighted by atomic mass is 16.2.